The highest BCUT2D eigenvalue weighted by Crippen LogP contribution is 2.53. The van der Waals surface area contributed by atoms with Gasteiger partial charge in [-0.2, -0.15) is 13.2 Å². The first-order valence-electron chi connectivity index (χ1n) is 8.96. The lowest BCUT2D eigenvalue weighted by atomic mass is 10.1. The van der Waals surface area contributed by atoms with Gasteiger partial charge >= 0.3 is 12.1 Å². The van der Waals surface area contributed by atoms with Crippen molar-refractivity contribution in [2.45, 2.75) is 16.9 Å². The van der Waals surface area contributed by atoms with Crippen molar-refractivity contribution < 1.29 is 40.7 Å². The molecule has 1 aliphatic carbocycles. The van der Waals surface area contributed by atoms with Crippen LogP contribution >= 0.6 is 34.8 Å². The molecule has 34 heavy (non-hydrogen) atoms. The zero-order chi connectivity index (χ0) is 25.6. The topological polar surface area (TPSA) is 87.3 Å². The summed E-state index contributed by atoms with van der Waals surface area (Å²) in [5.41, 5.74) is -2.79. The van der Waals surface area contributed by atoms with Gasteiger partial charge in [0, 0.05) is 11.8 Å². The van der Waals surface area contributed by atoms with E-state index in [0.717, 1.165) is 12.1 Å². The number of carbonyl (C=O) groups excluding carboxylic acids is 3. The summed E-state index contributed by atoms with van der Waals surface area (Å²) < 4.78 is 78.1. The molecule has 0 bridgehead atoms. The predicted molar refractivity (Wildman–Crippen MR) is 112 cm³/mol. The van der Waals surface area contributed by atoms with Crippen LogP contribution in [0.2, 0.25) is 5.02 Å². The van der Waals surface area contributed by atoms with E-state index in [0.29, 0.717) is 6.07 Å². The molecule has 3 amide bonds. The standard InChI is InChI=1S/C19H10Cl3F6N3O3/c20-14-7(1-6(2-11(14)25)29-16(33)8-5-18(8,21)22)15(32)30-12-4-13(10(24)3-9(12)23)31-17(34)19(26,27)28/h1-4,8H,5H2,(H,29,33)(H,30,32)(H,31,34)/t8-/m1/s1. The van der Waals surface area contributed by atoms with Gasteiger partial charge in [0.25, 0.3) is 5.91 Å². The van der Waals surface area contributed by atoms with Crippen LogP contribution in [-0.4, -0.2) is 28.2 Å². The molecule has 0 unspecified atom stereocenters. The number of amides is 3. The predicted octanol–water partition coefficient (Wildman–Crippen LogP) is 5.64. The zero-order valence-electron chi connectivity index (χ0n) is 16.2. The third kappa shape index (κ3) is 5.68. The van der Waals surface area contributed by atoms with Crippen LogP contribution in [0.15, 0.2) is 24.3 Å². The maximum absolute atomic E-state index is 14.2. The van der Waals surface area contributed by atoms with Crippen molar-refractivity contribution in [1.29, 1.82) is 0 Å². The minimum absolute atomic E-state index is 0.112. The maximum Gasteiger partial charge on any atom is 0.471 e. The van der Waals surface area contributed by atoms with Crippen molar-refractivity contribution in [3.63, 3.8) is 0 Å². The van der Waals surface area contributed by atoms with E-state index in [1.807, 2.05) is 5.32 Å². The Hall–Kier alpha value is -2.70. The van der Waals surface area contributed by atoms with Crippen LogP contribution in [-0.2, 0) is 9.59 Å². The monoisotopic (exact) mass is 547 g/mol. The van der Waals surface area contributed by atoms with Gasteiger partial charge in [0.1, 0.15) is 21.8 Å². The van der Waals surface area contributed by atoms with E-state index in [2.05, 4.69) is 5.32 Å². The summed E-state index contributed by atoms with van der Waals surface area (Å²) in [6.45, 7) is 0. The van der Waals surface area contributed by atoms with Gasteiger partial charge in [-0.15, -0.1) is 23.2 Å². The summed E-state index contributed by atoms with van der Waals surface area (Å²) in [5.74, 6) is -9.41. The van der Waals surface area contributed by atoms with E-state index in [1.54, 1.807) is 0 Å². The lowest BCUT2D eigenvalue weighted by molar-refractivity contribution is -0.167. The van der Waals surface area contributed by atoms with Crippen molar-refractivity contribution >= 4 is 69.6 Å². The lowest BCUT2D eigenvalue weighted by Gasteiger charge is -2.14. The lowest BCUT2D eigenvalue weighted by Crippen LogP contribution is -2.30. The zero-order valence-corrected chi connectivity index (χ0v) is 18.5. The Morgan fingerprint density at radius 2 is 1.44 bits per heavy atom. The number of anilines is 3. The molecule has 0 aromatic heterocycles. The van der Waals surface area contributed by atoms with E-state index in [1.165, 1.54) is 5.32 Å². The fourth-order valence-electron chi connectivity index (χ4n) is 2.68. The molecule has 2 aromatic carbocycles. The van der Waals surface area contributed by atoms with Gasteiger partial charge in [-0.25, -0.2) is 13.2 Å². The second kappa shape index (κ2) is 9.16. The molecular weight excluding hydrogens is 539 g/mol. The minimum Gasteiger partial charge on any atom is -0.326 e. The maximum atomic E-state index is 14.2. The quantitative estimate of drug-likeness (QED) is 0.334. The number of benzene rings is 2. The number of hydrogen-bond donors (Lipinski definition) is 3. The van der Waals surface area contributed by atoms with E-state index < -0.39 is 73.6 Å². The highest BCUT2D eigenvalue weighted by atomic mass is 35.5. The Bertz CT molecular complexity index is 1210. The average molecular weight is 549 g/mol. The van der Waals surface area contributed by atoms with Crippen molar-refractivity contribution in [2.24, 2.45) is 5.92 Å². The molecule has 1 aliphatic rings. The normalized spacial score (nSPS) is 16.6. The highest BCUT2D eigenvalue weighted by Gasteiger charge is 2.56. The third-order valence-electron chi connectivity index (χ3n) is 4.49. The van der Waals surface area contributed by atoms with E-state index in [-0.39, 0.29) is 18.2 Å². The molecule has 3 N–H and O–H groups in total. The van der Waals surface area contributed by atoms with Gasteiger partial charge in [-0.1, -0.05) is 11.6 Å². The first kappa shape index (κ1) is 25.9. The Morgan fingerprint density at radius 1 is 0.882 bits per heavy atom. The van der Waals surface area contributed by atoms with Crippen LogP contribution in [0.1, 0.15) is 16.8 Å². The van der Waals surface area contributed by atoms with E-state index >= 15 is 0 Å². The summed E-state index contributed by atoms with van der Waals surface area (Å²) in [5, 5.41) is 4.63. The van der Waals surface area contributed by atoms with Crippen LogP contribution in [0.3, 0.4) is 0 Å². The molecule has 15 heteroatoms. The fourth-order valence-corrected chi connectivity index (χ4v) is 3.38. The van der Waals surface area contributed by atoms with Gasteiger partial charge in [0.2, 0.25) is 5.91 Å². The molecule has 1 atom stereocenters. The van der Waals surface area contributed by atoms with Crippen LogP contribution in [0, 0.1) is 23.4 Å². The van der Waals surface area contributed by atoms with Crippen molar-refractivity contribution in [1.82, 2.24) is 0 Å². The summed E-state index contributed by atoms with van der Waals surface area (Å²) >= 11 is 17.3. The van der Waals surface area contributed by atoms with Gasteiger partial charge in [-0.3, -0.25) is 14.4 Å². The first-order valence-corrected chi connectivity index (χ1v) is 10.1. The molecule has 0 aliphatic heterocycles. The molecule has 0 saturated heterocycles. The summed E-state index contributed by atoms with van der Waals surface area (Å²) in [6.07, 6.45) is -5.23. The third-order valence-corrected chi connectivity index (χ3v) is 5.71. The van der Waals surface area contributed by atoms with Crippen LogP contribution in [0.25, 0.3) is 0 Å². The molecule has 0 heterocycles. The van der Waals surface area contributed by atoms with Crippen LogP contribution < -0.4 is 16.0 Å². The number of halogens is 9. The van der Waals surface area contributed by atoms with Gasteiger partial charge < -0.3 is 16.0 Å². The smallest absolute Gasteiger partial charge is 0.326 e. The van der Waals surface area contributed by atoms with E-state index in [4.69, 9.17) is 34.8 Å². The summed E-state index contributed by atoms with van der Waals surface area (Å²) in [6, 6.07) is 2.21. The fraction of sp³-hybridized carbons (Fsp3) is 0.211. The molecule has 3 rings (SSSR count). The van der Waals surface area contributed by atoms with Crippen molar-refractivity contribution in [2.75, 3.05) is 16.0 Å². The Balaban J connectivity index is 1.85. The van der Waals surface area contributed by atoms with Crippen LogP contribution in [0.5, 0.6) is 0 Å². The number of alkyl halides is 5. The first-order chi connectivity index (χ1) is 15.6. The number of carbonyl (C=O) groups is 3. The van der Waals surface area contributed by atoms with Crippen LogP contribution in [0.4, 0.5) is 43.4 Å². The Morgan fingerprint density at radius 3 is 1.97 bits per heavy atom. The second-order valence-electron chi connectivity index (χ2n) is 7.04. The number of nitrogens with one attached hydrogen (secondary N) is 3. The molecular formula is C19H10Cl3F6N3O3. The number of hydrogen-bond acceptors (Lipinski definition) is 3. The molecule has 1 fully saturated rings. The van der Waals surface area contributed by atoms with Crippen molar-refractivity contribution in [3.05, 3.63) is 52.3 Å². The molecule has 182 valence electrons. The van der Waals surface area contributed by atoms with Gasteiger partial charge in [-0.05, 0) is 24.6 Å². The molecule has 1 saturated carbocycles. The Labute approximate surface area is 201 Å². The molecule has 2 aromatic rings. The average Bonchev–Trinajstić information content (AvgIpc) is 3.35. The molecule has 6 nitrogen and oxygen atoms in total. The van der Waals surface area contributed by atoms with E-state index in [9.17, 15) is 40.7 Å². The second-order valence-corrected chi connectivity index (χ2v) is 8.96. The van der Waals surface area contributed by atoms with Crippen molar-refractivity contribution in [3.8, 4) is 0 Å². The Kier molecular flexibility index (Phi) is 6.98. The summed E-state index contributed by atoms with van der Waals surface area (Å²) in [4.78, 5) is 35.7. The number of rotatable bonds is 5. The molecule has 0 radical (unpaired) electrons. The largest absolute Gasteiger partial charge is 0.471 e. The van der Waals surface area contributed by atoms with Gasteiger partial charge in [0.05, 0.1) is 27.9 Å². The highest BCUT2D eigenvalue weighted by molar-refractivity contribution is 6.52. The summed E-state index contributed by atoms with van der Waals surface area (Å²) in [7, 11) is 0. The van der Waals surface area contributed by atoms with Gasteiger partial charge in [0.15, 0.2) is 0 Å². The molecule has 0 spiro atoms. The minimum atomic E-state index is -5.37. The SMILES string of the molecule is O=C(Nc1cc(NC(=O)C(F)(F)F)c(F)cc1F)c1cc(NC(=O)[C@H]2CC2(Cl)Cl)cc(F)c1Cl.